The first-order valence-electron chi connectivity index (χ1n) is 7.25. The monoisotopic (exact) mass is 289 g/mol. The molecule has 1 atom stereocenters. The fraction of sp³-hybridized carbons (Fsp3) is 0.500. The van der Waals surface area contributed by atoms with Gasteiger partial charge in [0.1, 0.15) is 5.76 Å². The van der Waals surface area contributed by atoms with Gasteiger partial charge in [0.15, 0.2) is 5.69 Å². The Morgan fingerprint density at radius 3 is 2.86 bits per heavy atom. The van der Waals surface area contributed by atoms with Gasteiger partial charge in [0.25, 0.3) is 5.91 Å². The summed E-state index contributed by atoms with van der Waals surface area (Å²) in [6, 6.07) is 1.77. The smallest absolute Gasteiger partial charge is 0.276 e. The van der Waals surface area contributed by atoms with Crippen molar-refractivity contribution in [3.63, 3.8) is 0 Å². The van der Waals surface area contributed by atoms with Crippen molar-refractivity contribution in [2.75, 3.05) is 26.7 Å². The molecule has 5 nitrogen and oxygen atoms in total. The SMILES string of the molecule is CC=CC=C(C)C1CN(C)CCN1C(=O)c1cc(C)on1. The summed E-state index contributed by atoms with van der Waals surface area (Å²) >= 11 is 0. The van der Waals surface area contributed by atoms with E-state index in [0.29, 0.717) is 18.0 Å². The zero-order chi connectivity index (χ0) is 15.4. The molecular formula is C16H23N3O2. The van der Waals surface area contributed by atoms with Crippen molar-refractivity contribution in [2.24, 2.45) is 0 Å². The van der Waals surface area contributed by atoms with Gasteiger partial charge in [-0.1, -0.05) is 23.4 Å². The highest BCUT2D eigenvalue weighted by Crippen LogP contribution is 2.19. The number of likely N-dealkylation sites (N-methyl/N-ethyl adjacent to an activating group) is 1. The largest absolute Gasteiger partial charge is 0.361 e. The van der Waals surface area contributed by atoms with Gasteiger partial charge in [0.2, 0.25) is 0 Å². The Morgan fingerprint density at radius 2 is 2.24 bits per heavy atom. The lowest BCUT2D eigenvalue weighted by Crippen LogP contribution is -2.54. The fourth-order valence-electron chi connectivity index (χ4n) is 2.53. The van der Waals surface area contributed by atoms with Crippen LogP contribution in [0, 0.1) is 6.92 Å². The van der Waals surface area contributed by atoms with Gasteiger partial charge in [-0.05, 0) is 33.4 Å². The molecule has 1 saturated heterocycles. The van der Waals surface area contributed by atoms with Crippen molar-refractivity contribution in [1.82, 2.24) is 15.0 Å². The summed E-state index contributed by atoms with van der Waals surface area (Å²) in [6.45, 7) is 8.25. The normalized spacial score (nSPS) is 21.2. The van der Waals surface area contributed by atoms with Crippen LogP contribution in [0.1, 0.15) is 30.1 Å². The summed E-state index contributed by atoms with van der Waals surface area (Å²) in [5, 5.41) is 3.85. The third kappa shape index (κ3) is 3.61. The van der Waals surface area contributed by atoms with Gasteiger partial charge in [-0.3, -0.25) is 4.79 Å². The average Bonchev–Trinajstić information content (AvgIpc) is 2.90. The number of rotatable bonds is 3. The molecule has 1 aliphatic rings. The van der Waals surface area contributed by atoms with Crippen LogP contribution < -0.4 is 0 Å². The second-order valence-corrected chi connectivity index (χ2v) is 5.54. The van der Waals surface area contributed by atoms with Gasteiger partial charge in [-0.25, -0.2) is 0 Å². The Labute approximate surface area is 125 Å². The average molecular weight is 289 g/mol. The van der Waals surface area contributed by atoms with E-state index in [1.807, 2.05) is 24.0 Å². The number of carbonyl (C=O) groups excluding carboxylic acids is 1. The number of allylic oxidation sites excluding steroid dienone is 3. The summed E-state index contributed by atoms with van der Waals surface area (Å²) in [5.41, 5.74) is 1.56. The number of hydrogen-bond acceptors (Lipinski definition) is 4. The van der Waals surface area contributed by atoms with Crippen LogP contribution in [0.4, 0.5) is 0 Å². The zero-order valence-corrected chi connectivity index (χ0v) is 13.2. The van der Waals surface area contributed by atoms with Crippen LogP contribution in [0.2, 0.25) is 0 Å². The topological polar surface area (TPSA) is 49.6 Å². The number of carbonyl (C=O) groups is 1. The zero-order valence-electron chi connectivity index (χ0n) is 13.2. The highest BCUT2D eigenvalue weighted by molar-refractivity contribution is 5.92. The lowest BCUT2D eigenvalue weighted by atomic mass is 10.0. The molecule has 0 radical (unpaired) electrons. The molecular weight excluding hydrogens is 266 g/mol. The minimum absolute atomic E-state index is 0.0572. The van der Waals surface area contributed by atoms with Gasteiger partial charge in [-0.15, -0.1) is 0 Å². The molecule has 1 unspecified atom stereocenters. The molecule has 1 fully saturated rings. The van der Waals surface area contributed by atoms with Gasteiger partial charge in [0.05, 0.1) is 6.04 Å². The predicted molar refractivity (Wildman–Crippen MR) is 82.1 cm³/mol. The molecule has 0 saturated carbocycles. The van der Waals surface area contributed by atoms with E-state index in [0.717, 1.165) is 13.1 Å². The number of aryl methyl sites for hydroxylation is 1. The molecule has 1 aromatic heterocycles. The molecule has 5 heteroatoms. The molecule has 0 spiro atoms. The maximum atomic E-state index is 12.6. The van der Waals surface area contributed by atoms with Gasteiger partial charge >= 0.3 is 0 Å². The first-order chi connectivity index (χ1) is 10.0. The van der Waals surface area contributed by atoms with Crippen LogP contribution in [0.15, 0.2) is 34.4 Å². The van der Waals surface area contributed by atoms with E-state index in [1.165, 1.54) is 5.57 Å². The van der Waals surface area contributed by atoms with E-state index in [2.05, 4.69) is 30.1 Å². The van der Waals surface area contributed by atoms with Gasteiger partial charge < -0.3 is 14.3 Å². The maximum Gasteiger partial charge on any atom is 0.276 e. The molecule has 1 aromatic rings. The Bertz CT molecular complexity index is 560. The van der Waals surface area contributed by atoms with Crippen molar-refractivity contribution in [1.29, 1.82) is 0 Å². The maximum absolute atomic E-state index is 12.6. The van der Waals surface area contributed by atoms with Crippen molar-refractivity contribution < 1.29 is 9.32 Å². The van der Waals surface area contributed by atoms with E-state index in [1.54, 1.807) is 13.0 Å². The van der Waals surface area contributed by atoms with Gasteiger partial charge in [0, 0.05) is 25.7 Å². The van der Waals surface area contributed by atoms with E-state index in [-0.39, 0.29) is 11.9 Å². The summed E-state index contributed by atoms with van der Waals surface area (Å²) < 4.78 is 5.02. The molecule has 0 aliphatic carbocycles. The Hall–Kier alpha value is -1.88. The minimum atomic E-state index is -0.0572. The van der Waals surface area contributed by atoms with Gasteiger partial charge in [-0.2, -0.15) is 0 Å². The number of nitrogens with zero attached hydrogens (tertiary/aromatic N) is 3. The van der Waals surface area contributed by atoms with E-state index in [4.69, 9.17) is 4.52 Å². The summed E-state index contributed by atoms with van der Waals surface area (Å²) in [7, 11) is 2.08. The molecule has 1 aliphatic heterocycles. The summed E-state index contributed by atoms with van der Waals surface area (Å²) in [5.74, 6) is 0.600. The summed E-state index contributed by atoms with van der Waals surface area (Å²) in [4.78, 5) is 16.8. The summed E-state index contributed by atoms with van der Waals surface area (Å²) in [6.07, 6.45) is 6.06. The lowest BCUT2D eigenvalue weighted by Gasteiger charge is -2.40. The number of aromatic nitrogens is 1. The molecule has 0 N–H and O–H groups in total. The molecule has 0 aromatic carbocycles. The van der Waals surface area contributed by atoms with E-state index in [9.17, 15) is 4.79 Å². The number of amides is 1. The fourth-order valence-corrected chi connectivity index (χ4v) is 2.53. The van der Waals surface area contributed by atoms with Crippen molar-refractivity contribution in [3.8, 4) is 0 Å². The second-order valence-electron chi connectivity index (χ2n) is 5.54. The van der Waals surface area contributed by atoms with Crippen LogP contribution in [-0.4, -0.2) is 53.6 Å². The lowest BCUT2D eigenvalue weighted by molar-refractivity contribution is 0.0549. The number of piperazine rings is 1. The molecule has 1 amide bonds. The third-order valence-electron chi connectivity index (χ3n) is 3.77. The van der Waals surface area contributed by atoms with Crippen LogP contribution >= 0.6 is 0 Å². The van der Waals surface area contributed by atoms with E-state index < -0.39 is 0 Å². The quantitative estimate of drug-likeness (QED) is 0.801. The second kappa shape index (κ2) is 6.72. The Kier molecular flexibility index (Phi) is 4.96. The molecule has 21 heavy (non-hydrogen) atoms. The highest BCUT2D eigenvalue weighted by Gasteiger charge is 2.31. The molecule has 2 heterocycles. The number of hydrogen-bond donors (Lipinski definition) is 0. The highest BCUT2D eigenvalue weighted by atomic mass is 16.5. The first-order valence-corrected chi connectivity index (χ1v) is 7.25. The van der Waals surface area contributed by atoms with Crippen molar-refractivity contribution >= 4 is 5.91 Å². The first kappa shape index (κ1) is 15.5. The predicted octanol–water partition coefficient (Wildman–Crippen LogP) is 2.26. The molecule has 2 rings (SSSR count). The van der Waals surface area contributed by atoms with Crippen molar-refractivity contribution in [3.05, 3.63) is 41.3 Å². The van der Waals surface area contributed by atoms with Crippen LogP contribution in [0.3, 0.4) is 0 Å². The molecule has 114 valence electrons. The van der Waals surface area contributed by atoms with Crippen LogP contribution in [-0.2, 0) is 0 Å². The Balaban J connectivity index is 2.24. The van der Waals surface area contributed by atoms with Crippen molar-refractivity contribution in [2.45, 2.75) is 26.8 Å². The van der Waals surface area contributed by atoms with E-state index >= 15 is 0 Å². The standard InChI is InChI=1S/C16H23N3O2/c1-5-6-7-12(2)15-11-18(4)8-9-19(15)16(20)14-10-13(3)21-17-14/h5-7,10,15H,8-9,11H2,1-4H3. The Morgan fingerprint density at radius 1 is 1.48 bits per heavy atom. The molecule has 0 bridgehead atoms. The minimum Gasteiger partial charge on any atom is -0.361 e. The third-order valence-corrected chi connectivity index (χ3v) is 3.77. The van der Waals surface area contributed by atoms with Crippen LogP contribution in [0.5, 0.6) is 0 Å². The van der Waals surface area contributed by atoms with Crippen LogP contribution in [0.25, 0.3) is 0 Å².